The lowest BCUT2D eigenvalue weighted by Crippen LogP contribution is -2.39. The van der Waals surface area contributed by atoms with Gasteiger partial charge < -0.3 is 10.6 Å². The number of rotatable bonds is 7. The highest BCUT2D eigenvalue weighted by Gasteiger charge is 2.14. The van der Waals surface area contributed by atoms with E-state index in [1.54, 1.807) is 24.1 Å². The maximum atomic E-state index is 12.2. The Kier molecular flexibility index (Phi) is 7.39. The normalized spacial score (nSPS) is 11.9. The molecule has 0 fully saturated rings. The zero-order valence-electron chi connectivity index (χ0n) is 16.2. The van der Waals surface area contributed by atoms with Gasteiger partial charge in [-0.15, -0.1) is 0 Å². The molecule has 2 N–H and O–H groups in total. The molecule has 0 heterocycles. The highest BCUT2D eigenvalue weighted by molar-refractivity contribution is 6.30. The van der Waals surface area contributed by atoms with Gasteiger partial charge in [-0.25, -0.2) is 0 Å². The van der Waals surface area contributed by atoms with Crippen molar-refractivity contribution >= 4 is 29.1 Å². The van der Waals surface area contributed by atoms with E-state index in [9.17, 15) is 9.59 Å². The Hall–Kier alpha value is -2.37. The summed E-state index contributed by atoms with van der Waals surface area (Å²) in [5.41, 5.74) is 3.94. The van der Waals surface area contributed by atoms with Gasteiger partial charge >= 0.3 is 0 Å². The molecule has 1 atom stereocenters. The molecule has 5 nitrogen and oxygen atoms in total. The minimum Gasteiger partial charge on any atom is -0.348 e. The molecule has 144 valence electrons. The number of amides is 2. The van der Waals surface area contributed by atoms with Crippen LogP contribution < -0.4 is 10.6 Å². The Bertz CT molecular complexity index is 806. The number of halogens is 1. The van der Waals surface area contributed by atoms with Crippen LogP contribution in [0.3, 0.4) is 0 Å². The monoisotopic (exact) mass is 387 g/mol. The summed E-state index contributed by atoms with van der Waals surface area (Å²) in [6, 6.07) is 13.0. The largest absolute Gasteiger partial charge is 0.348 e. The number of carbonyl (C=O) groups excluding carboxylic acids is 2. The topological polar surface area (TPSA) is 61.4 Å². The van der Waals surface area contributed by atoms with E-state index >= 15 is 0 Å². The first-order valence-electron chi connectivity index (χ1n) is 8.85. The minimum atomic E-state index is -0.148. The lowest BCUT2D eigenvalue weighted by atomic mass is 10.1. The molecule has 2 aromatic carbocycles. The van der Waals surface area contributed by atoms with Gasteiger partial charge in [-0.1, -0.05) is 35.9 Å². The molecule has 6 heteroatoms. The summed E-state index contributed by atoms with van der Waals surface area (Å²) in [7, 11) is 1.75. The smallest absolute Gasteiger partial charge is 0.238 e. The number of nitrogens with zero attached hydrogens (tertiary/aromatic N) is 1. The standard InChI is InChI=1S/C21H26ClN3O2/c1-14-6-5-7-19(15(14)2)24-21(27)13-25(4)12-20(26)23-16(3)17-8-10-18(22)11-9-17/h5-11,16H,12-13H2,1-4H3,(H,23,26)(H,24,27). The van der Waals surface area contributed by atoms with Crippen LogP contribution in [0, 0.1) is 13.8 Å². The third kappa shape index (κ3) is 6.38. The van der Waals surface area contributed by atoms with Crippen molar-refractivity contribution in [2.75, 3.05) is 25.5 Å². The molecule has 1 unspecified atom stereocenters. The van der Waals surface area contributed by atoms with Crippen LogP contribution in [0.1, 0.15) is 29.7 Å². The van der Waals surface area contributed by atoms with E-state index in [1.165, 1.54) is 0 Å². The molecule has 0 aliphatic heterocycles. The van der Waals surface area contributed by atoms with Crippen LogP contribution in [-0.4, -0.2) is 36.9 Å². The van der Waals surface area contributed by atoms with E-state index in [0.29, 0.717) is 5.02 Å². The number of nitrogens with one attached hydrogen (secondary N) is 2. The molecule has 2 amide bonds. The molecule has 0 saturated heterocycles. The quantitative estimate of drug-likeness (QED) is 0.761. The second kappa shape index (κ2) is 9.53. The first kappa shape index (κ1) is 20.9. The van der Waals surface area contributed by atoms with E-state index < -0.39 is 0 Å². The number of carbonyl (C=O) groups is 2. The fraction of sp³-hybridized carbons (Fsp3) is 0.333. The highest BCUT2D eigenvalue weighted by Crippen LogP contribution is 2.18. The predicted molar refractivity (Wildman–Crippen MR) is 110 cm³/mol. The third-order valence-electron chi connectivity index (χ3n) is 4.45. The SMILES string of the molecule is Cc1cccc(NC(=O)CN(C)CC(=O)NC(C)c2ccc(Cl)cc2)c1C. The van der Waals surface area contributed by atoms with Gasteiger partial charge in [-0.05, 0) is 62.7 Å². The van der Waals surface area contributed by atoms with Gasteiger partial charge in [0.05, 0.1) is 19.1 Å². The van der Waals surface area contributed by atoms with Crippen molar-refractivity contribution in [3.8, 4) is 0 Å². The summed E-state index contributed by atoms with van der Waals surface area (Å²) in [6.07, 6.45) is 0. The van der Waals surface area contributed by atoms with Crippen molar-refractivity contribution < 1.29 is 9.59 Å². The third-order valence-corrected chi connectivity index (χ3v) is 4.71. The van der Waals surface area contributed by atoms with Crippen molar-refractivity contribution in [3.63, 3.8) is 0 Å². The van der Waals surface area contributed by atoms with Crippen LogP contribution >= 0.6 is 11.6 Å². The molecule has 0 aromatic heterocycles. The number of aryl methyl sites for hydroxylation is 1. The minimum absolute atomic E-state index is 0.132. The Labute approximate surface area is 165 Å². The number of likely N-dealkylation sites (N-methyl/N-ethyl adjacent to an activating group) is 1. The summed E-state index contributed by atoms with van der Waals surface area (Å²) in [5, 5.41) is 6.49. The molecule has 2 aromatic rings. The summed E-state index contributed by atoms with van der Waals surface area (Å²) >= 11 is 5.88. The molecular formula is C21H26ClN3O2. The Morgan fingerprint density at radius 3 is 2.33 bits per heavy atom. The zero-order valence-corrected chi connectivity index (χ0v) is 16.9. The molecule has 0 aliphatic rings. The van der Waals surface area contributed by atoms with Gasteiger partial charge in [-0.3, -0.25) is 14.5 Å². The van der Waals surface area contributed by atoms with Crippen molar-refractivity contribution in [1.29, 1.82) is 0 Å². The zero-order chi connectivity index (χ0) is 20.0. The highest BCUT2D eigenvalue weighted by atomic mass is 35.5. The Morgan fingerprint density at radius 2 is 1.67 bits per heavy atom. The fourth-order valence-corrected chi connectivity index (χ4v) is 2.87. The molecule has 0 spiro atoms. The van der Waals surface area contributed by atoms with Crippen molar-refractivity contribution in [2.45, 2.75) is 26.8 Å². The van der Waals surface area contributed by atoms with Gasteiger partial charge in [0.1, 0.15) is 0 Å². The van der Waals surface area contributed by atoms with E-state index in [4.69, 9.17) is 11.6 Å². The van der Waals surface area contributed by atoms with Gasteiger partial charge in [-0.2, -0.15) is 0 Å². The van der Waals surface area contributed by atoms with Crippen molar-refractivity contribution in [3.05, 3.63) is 64.2 Å². The predicted octanol–water partition coefficient (Wildman–Crippen LogP) is 3.70. The van der Waals surface area contributed by atoms with Crippen LogP contribution in [-0.2, 0) is 9.59 Å². The van der Waals surface area contributed by atoms with E-state index in [1.807, 2.05) is 51.1 Å². The Balaban J connectivity index is 1.82. The Morgan fingerprint density at radius 1 is 1.04 bits per heavy atom. The van der Waals surface area contributed by atoms with Crippen LogP contribution in [0.15, 0.2) is 42.5 Å². The maximum Gasteiger partial charge on any atom is 0.238 e. The van der Waals surface area contributed by atoms with Gasteiger partial charge in [0.15, 0.2) is 0 Å². The molecule has 0 aliphatic carbocycles. The van der Waals surface area contributed by atoms with Crippen LogP contribution in [0.25, 0.3) is 0 Å². The fourth-order valence-electron chi connectivity index (χ4n) is 2.74. The van der Waals surface area contributed by atoms with Crippen LogP contribution in [0.4, 0.5) is 5.69 Å². The van der Waals surface area contributed by atoms with Gasteiger partial charge in [0.25, 0.3) is 0 Å². The lowest BCUT2D eigenvalue weighted by molar-refractivity contribution is -0.123. The summed E-state index contributed by atoms with van der Waals surface area (Å²) in [5.74, 6) is -0.288. The van der Waals surface area contributed by atoms with Crippen molar-refractivity contribution in [2.24, 2.45) is 0 Å². The van der Waals surface area contributed by atoms with Crippen LogP contribution in [0.5, 0.6) is 0 Å². The average molecular weight is 388 g/mol. The molecule has 0 saturated carbocycles. The summed E-state index contributed by atoms with van der Waals surface area (Å²) in [4.78, 5) is 26.2. The first-order chi connectivity index (χ1) is 12.8. The second-order valence-corrected chi connectivity index (χ2v) is 7.25. The second-order valence-electron chi connectivity index (χ2n) is 6.81. The number of anilines is 1. The van der Waals surface area contributed by atoms with Crippen molar-refractivity contribution in [1.82, 2.24) is 10.2 Å². The van der Waals surface area contributed by atoms with E-state index in [-0.39, 0.29) is 30.9 Å². The molecule has 0 radical (unpaired) electrons. The number of hydrogen-bond donors (Lipinski definition) is 2. The van der Waals surface area contributed by atoms with E-state index in [0.717, 1.165) is 22.4 Å². The maximum absolute atomic E-state index is 12.2. The summed E-state index contributed by atoms with van der Waals surface area (Å²) in [6.45, 7) is 6.16. The number of hydrogen-bond acceptors (Lipinski definition) is 3. The summed E-state index contributed by atoms with van der Waals surface area (Å²) < 4.78 is 0. The molecule has 27 heavy (non-hydrogen) atoms. The average Bonchev–Trinajstić information content (AvgIpc) is 2.59. The number of benzene rings is 2. The van der Waals surface area contributed by atoms with Gasteiger partial charge in [0.2, 0.25) is 11.8 Å². The first-order valence-corrected chi connectivity index (χ1v) is 9.23. The molecule has 0 bridgehead atoms. The van der Waals surface area contributed by atoms with Gasteiger partial charge in [0, 0.05) is 10.7 Å². The van der Waals surface area contributed by atoms with E-state index in [2.05, 4.69) is 10.6 Å². The van der Waals surface area contributed by atoms with Crippen LogP contribution in [0.2, 0.25) is 5.02 Å². The lowest BCUT2D eigenvalue weighted by Gasteiger charge is -2.19. The molecular weight excluding hydrogens is 362 g/mol. The molecule has 2 rings (SSSR count).